The molecule has 6 heteroatoms. The van der Waals surface area contributed by atoms with Crippen LogP contribution in [0.25, 0.3) is 0 Å². The van der Waals surface area contributed by atoms with Crippen LogP contribution in [0.15, 0.2) is 48.6 Å². The van der Waals surface area contributed by atoms with Crippen LogP contribution in [0, 0.1) is 0 Å². The minimum atomic E-state index is -0.790. The van der Waals surface area contributed by atoms with E-state index in [0.717, 1.165) is 77.0 Å². The highest BCUT2D eigenvalue weighted by molar-refractivity contribution is 5.71. The molecule has 0 bridgehead atoms. The van der Waals surface area contributed by atoms with Gasteiger partial charge in [-0.3, -0.25) is 14.4 Å². The molecule has 67 heavy (non-hydrogen) atoms. The quantitative estimate of drug-likeness (QED) is 0.0262. The van der Waals surface area contributed by atoms with Crippen LogP contribution in [0.3, 0.4) is 0 Å². The molecule has 0 heterocycles. The zero-order valence-electron chi connectivity index (χ0n) is 44.7. The molecule has 0 aromatic rings. The molecular weight excluding hydrogens is 829 g/mol. The molecule has 0 aliphatic heterocycles. The number of carbonyl (C=O) groups excluding carboxylic acids is 3. The van der Waals surface area contributed by atoms with E-state index < -0.39 is 6.10 Å². The number of rotatable bonds is 53. The first kappa shape index (κ1) is 64.4. The van der Waals surface area contributed by atoms with Crippen LogP contribution >= 0.6 is 0 Å². The topological polar surface area (TPSA) is 78.9 Å². The SMILES string of the molecule is CC/C=C\C/C=C\C/C=C\C/C=C\CCCCC(=O)OC(COC(=O)CCCCCCCCCCCCC)COC(=O)CCCCCCCCCCCCCCCCCCCCCCCCC. The van der Waals surface area contributed by atoms with E-state index in [4.69, 9.17) is 14.2 Å². The second kappa shape index (κ2) is 56.0. The molecule has 0 spiro atoms. The van der Waals surface area contributed by atoms with Crippen LogP contribution in [-0.4, -0.2) is 37.2 Å². The standard InChI is InChI=1S/C61H110O6/c1-4-7-10-13-16-19-22-24-26-27-28-29-30-31-32-33-35-36-39-42-45-48-51-54-60(63)66-57-58(56-65-59(62)53-50-47-44-41-38-21-18-15-12-9-6-3)67-61(64)55-52-49-46-43-40-37-34-25-23-20-17-14-11-8-5-2/h8,11,17,20,25,34,40,43,58H,4-7,9-10,12-16,18-19,21-24,26-33,35-39,41-42,44-57H2,1-3H3/b11-8-,20-17-,34-25-,43-40-. The highest BCUT2D eigenvalue weighted by Gasteiger charge is 2.19. The Bertz CT molecular complexity index is 1170. The van der Waals surface area contributed by atoms with Gasteiger partial charge in [0.1, 0.15) is 13.2 Å². The number of hydrogen-bond donors (Lipinski definition) is 0. The lowest BCUT2D eigenvalue weighted by Gasteiger charge is -2.18. The Kier molecular flexibility index (Phi) is 53.8. The number of unbranched alkanes of at least 4 members (excludes halogenated alkanes) is 34. The number of allylic oxidation sites excluding steroid dienone is 8. The molecule has 0 aromatic carbocycles. The number of ether oxygens (including phenoxy) is 3. The average molecular weight is 940 g/mol. The fourth-order valence-corrected chi connectivity index (χ4v) is 8.49. The Morgan fingerprint density at radius 1 is 0.313 bits per heavy atom. The molecule has 0 aliphatic rings. The maximum Gasteiger partial charge on any atom is 0.306 e. The summed E-state index contributed by atoms with van der Waals surface area (Å²) in [5, 5.41) is 0. The predicted octanol–water partition coefficient (Wildman–Crippen LogP) is 19.4. The third-order valence-corrected chi connectivity index (χ3v) is 12.8. The maximum atomic E-state index is 12.8. The Balaban J connectivity index is 4.27. The van der Waals surface area contributed by atoms with Gasteiger partial charge in [-0.2, -0.15) is 0 Å². The third-order valence-electron chi connectivity index (χ3n) is 12.8. The molecule has 6 nitrogen and oxygen atoms in total. The van der Waals surface area contributed by atoms with Gasteiger partial charge in [0.25, 0.3) is 0 Å². The summed E-state index contributed by atoms with van der Waals surface area (Å²) in [5.41, 5.74) is 0. The Morgan fingerprint density at radius 2 is 0.582 bits per heavy atom. The van der Waals surface area contributed by atoms with Crippen molar-refractivity contribution in [3.05, 3.63) is 48.6 Å². The van der Waals surface area contributed by atoms with Crippen molar-refractivity contribution in [1.29, 1.82) is 0 Å². The maximum absolute atomic E-state index is 12.8. The highest BCUT2D eigenvalue weighted by atomic mass is 16.6. The van der Waals surface area contributed by atoms with Crippen LogP contribution in [0.5, 0.6) is 0 Å². The van der Waals surface area contributed by atoms with Crippen LogP contribution in [0.1, 0.15) is 303 Å². The van der Waals surface area contributed by atoms with Gasteiger partial charge in [-0.25, -0.2) is 0 Å². The van der Waals surface area contributed by atoms with Crippen molar-refractivity contribution >= 4 is 17.9 Å². The lowest BCUT2D eigenvalue weighted by Crippen LogP contribution is -2.30. The number of hydrogen-bond acceptors (Lipinski definition) is 6. The van der Waals surface area contributed by atoms with Crippen molar-refractivity contribution in [2.24, 2.45) is 0 Å². The molecule has 0 saturated heterocycles. The van der Waals surface area contributed by atoms with Crippen molar-refractivity contribution in [3.8, 4) is 0 Å². The lowest BCUT2D eigenvalue weighted by molar-refractivity contribution is -0.167. The Hall–Kier alpha value is -2.63. The molecule has 1 atom stereocenters. The molecular formula is C61H110O6. The van der Waals surface area contributed by atoms with Crippen molar-refractivity contribution in [2.45, 2.75) is 309 Å². The fraction of sp³-hybridized carbons (Fsp3) is 0.820. The minimum Gasteiger partial charge on any atom is -0.462 e. The monoisotopic (exact) mass is 939 g/mol. The molecule has 0 saturated carbocycles. The Morgan fingerprint density at radius 3 is 0.910 bits per heavy atom. The molecule has 0 radical (unpaired) electrons. The van der Waals surface area contributed by atoms with Gasteiger partial charge >= 0.3 is 17.9 Å². The smallest absolute Gasteiger partial charge is 0.306 e. The molecule has 0 aromatic heterocycles. The fourth-order valence-electron chi connectivity index (χ4n) is 8.49. The molecule has 0 N–H and O–H groups in total. The summed E-state index contributed by atoms with van der Waals surface area (Å²) in [6.45, 7) is 6.52. The summed E-state index contributed by atoms with van der Waals surface area (Å²) in [7, 11) is 0. The molecule has 0 aliphatic carbocycles. The van der Waals surface area contributed by atoms with E-state index >= 15 is 0 Å². The van der Waals surface area contributed by atoms with Crippen molar-refractivity contribution < 1.29 is 28.6 Å². The molecule has 0 rings (SSSR count). The first-order chi connectivity index (χ1) is 33.0. The van der Waals surface area contributed by atoms with E-state index in [0.29, 0.717) is 19.3 Å². The van der Waals surface area contributed by atoms with Gasteiger partial charge in [-0.15, -0.1) is 0 Å². The van der Waals surface area contributed by atoms with E-state index in [1.54, 1.807) is 0 Å². The molecule has 0 amide bonds. The number of esters is 3. The van der Waals surface area contributed by atoms with Gasteiger partial charge in [0.05, 0.1) is 0 Å². The Labute approximate surface area is 416 Å². The third kappa shape index (κ3) is 54.2. The van der Waals surface area contributed by atoms with Crippen LogP contribution in [-0.2, 0) is 28.6 Å². The summed E-state index contributed by atoms with van der Waals surface area (Å²) < 4.78 is 16.8. The first-order valence-corrected chi connectivity index (χ1v) is 29.1. The van der Waals surface area contributed by atoms with E-state index in [1.165, 1.54) is 180 Å². The van der Waals surface area contributed by atoms with Gasteiger partial charge in [-0.1, -0.05) is 275 Å². The summed E-state index contributed by atoms with van der Waals surface area (Å²) in [6, 6.07) is 0. The normalized spacial score (nSPS) is 12.3. The van der Waals surface area contributed by atoms with Crippen molar-refractivity contribution in [3.63, 3.8) is 0 Å². The first-order valence-electron chi connectivity index (χ1n) is 29.1. The second-order valence-electron chi connectivity index (χ2n) is 19.5. The second-order valence-corrected chi connectivity index (χ2v) is 19.5. The van der Waals surface area contributed by atoms with Crippen LogP contribution in [0.2, 0.25) is 0 Å². The molecule has 1 unspecified atom stereocenters. The highest BCUT2D eigenvalue weighted by Crippen LogP contribution is 2.17. The predicted molar refractivity (Wildman–Crippen MR) is 289 cm³/mol. The van der Waals surface area contributed by atoms with Crippen molar-refractivity contribution in [1.82, 2.24) is 0 Å². The minimum absolute atomic E-state index is 0.0857. The van der Waals surface area contributed by atoms with E-state index in [1.807, 2.05) is 0 Å². The van der Waals surface area contributed by atoms with Crippen molar-refractivity contribution in [2.75, 3.05) is 13.2 Å². The molecule has 390 valence electrons. The summed E-state index contributed by atoms with van der Waals surface area (Å²) in [6.07, 6.45) is 68.4. The molecule has 0 fully saturated rings. The van der Waals surface area contributed by atoms with Gasteiger partial charge in [-0.05, 0) is 57.8 Å². The van der Waals surface area contributed by atoms with Crippen LogP contribution in [0.4, 0.5) is 0 Å². The van der Waals surface area contributed by atoms with E-state index in [9.17, 15) is 14.4 Å². The largest absolute Gasteiger partial charge is 0.462 e. The van der Waals surface area contributed by atoms with Gasteiger partial charge in [0.15, 0.2) is 6.10 Å². The summed E-state index contributed by atoms with van der Waals surface area (Å²) >= 11 is 0. The van der Waals surface area contributed by atoms with E-state index in [-0.39, 0.29) is 37.5 Å². The summed E-state index contributed by atoms with van der Waals surface area (Å²) in [5.74, 6) is -0.913. The van der Waals surface area contributed by atoms with Crippen LogP contribution < -0.4 is 0 Å². The van der Waals surface area contributed by atoms with E-state index in [2.05, 4.69) is 69.4 Å². The number of carbonyl (C=O) groups is 3. The average Bonchev–Trinajstić information content (AvgIpc) is 3.33. The lowest BCUT2D eigenvalue weighted by atomic mass is 10.0. The van der Waals surface area contributed by atoms with Gasteiger partial charge in [0.2, 0.25) is 0 Å². The summed E-state index contributed by atoms with van der Waals surface area (Å²) in [4.78, 5) is 38.1. The van der Waals surface area contributed by atoms with Gasteiger partial charge < -0.3 is 14.2 Å². The van der Waals surface area contributed by atoms with Gasteiger partial charge in [0, 0.05) is 19.3 Å². The zero-order valence-corrected chi connectivity index (χ0v) is 44.7. The zero-order chi connectivity index (χ0) is 48.6.